The number of guanidine groups is 3. The number of nitrogens with zero attached hydrogens (tertiary/aromatic N) is 3. The Hall–Kier alpha value is -10.8. The summed E-state index contributed by atoms with van der Waals surface area (Å²) in [7, 11) is 0. The first-order valence-electron chi connectivity index (χ1n) is 33.7. The van der Waals surface area contributed by atoms with Crippen LogP contribution < -0.4 is 88.4 Å². The molecular formula is C68H100N22O10. The molecule has 32 nitrogen and oxygen atoms in total. The number of carbonyl (C=O) groups is 9. The van der Waals surface area contributed by atoms with Gasteiger partial charge < -0.3 is 108 Å². The zero-order valence-electron chi connectivity index (χ0n) is 57.1. The lowest BCUT2D eigenvalue weighted by molar-refractivity contribution is -0.142. The summed E-state index contributed by atoms with van der Waals surface area (Å²) < 4.78 is 0. The van der Waals surface area contributed by atoms with Crippen molar-refractivity contribution in [2.24, 2.45) is 72.7 Å². The third-order valence-electron chi connectivity index (χ3n) is 17.3. The molecule has 0 unspecified atom stereocenters. The van der Waals surface area contributed by atoms with Crippen molar-refractivity contribution in [3.8, 4) is 0 Å². The minimum Gasteiger partial charge on any atom is -0.480 e. The number of benzene rings is 3. The first kappa shape index (κ1) is 78.2. The van der Waals surface area contributed by atoms with E-state index >= 15 is 14.4 Å². The second-order valence-corrected chi connectivity index (χ2v) is 25.2. The van der Waals surface area contributed by atoms with E-state index in [4.69, 9.17) is 45.9 Å². The van der Waals surface area contributed by atoms with Crippen molar-refractivity contribution in [3.63, 3.8) is 0 Å². The van der Waals surface area contributed by atoms with Gasteiger partial charge in [0.2, 0.25) is 47.3 Å². The molecule has 3 aromatic carbocycles. The smallest absolute Gasteiger partial charge is 0.326 e. The van der Waals surface area contributed by atoms with Gasteiger partial charge in [0.1, 0.15) is 48.3 Å². The van der Waals surface area contributed by atoms with Gasteiger partial charge in [0.25, 0.3) is 0 Å². The number of aliphatic carboxylic acids is 1. The molecule has 100 heavy (non-hydrogen) atoms. The molecule has 0 spiro atoms. The maximum absolute atomic E-state index is 15.2. The molecule has 542 valence electrons. The van der Waals surface area contributed by atoms with Gasteiger partial charge in [0, 0.05) is 90.2 Å². The summed E-state index contributed by atoms with van der Waals surface area (Å²) in [5, 5.41) is 34.6. The summed E-state index contributed by atoms with van der Waals surface area (Å²) in [4.78, 5) is 152. The highest BCUT2D eigenvalue weighted by Crippen LogP contribution is 2.23. The second-order valence-electron chi connectivity index (χ2n) is 25.2. The number of rotatable bonds is 42. The van der Waals surface area contributed by atoms with Crippen molar-refractivity contribution in [1.82, 2.24) is 57.5 Å². The Labute approximate surface area is 579 Å². The predicted molar refractivity (Wildman–Crippen MR) is 384 cm³/mol. The zero-order chi connectivity index (χ0) is 73.0. The number of aliphatic imine (C=N–C) groups is 3. The third-order valence-corrected chi connectivity index (χ3v) is 17.3. The van der Waals surface area contributed by atoms with Crippen LogP contribution in [0.25, 0.3) is 32.7 Å². The van der Waals surface area contributed by atoms with Crippen LogP contribution in [0.2, 0.25) is 0 Å². The second kappa shape index (κ2) is 39.0. The van der Waals surface area contributed by atoms with Crippen LogP contribution in [0.1, 0.15) is 109 Å². The summed E-state index contributed by atoms with van der Waals surface area (Å²) in [5.41, 5.74) is 50.1. The number of nitrogens with one attached hydrogen (secondary N) is 11. The lowest BCUT2D eigenvalue weighted by Gasteiger charge is -2.29. The fourth-order valence-electron chi connectivity index (χ4n) is 11.4. The number of amides is 8. The summed E-state index contributed by atoms with van der Waals surface area (Å²) in [6.45, 7) is 7.37. The van der Waals surface area contributed by atoms with Crippen LogP contribution in [-0.4, -0.2) is 172 Å². The van der Waals surface area contributed by atoms with E-state index < -0.39 is 114 Å². The van der Waals surface area contributed by atoms with Gasteiger partial charge in [-0.1, -0.05) is 88.7 Å². The van der Waals surface area contributed by atoms with Crippen molar-refractivity contribution in [2.45, 2.75) is 166 Å². The number of aromatic amines is 3. The molecule has 0 saturated carbocycles. The number of fused-ring (bicyclic) bond motifs is 3. The average molecular weight is 1390 g/mol. The standard InChI is InChI=1S/C68H100N22O10/c1-5-38(4)55(70)63(97)88-53(32-40-35-81-46-21-10-7-18-43(40)46)60(94)85-50(26-16-30-79-68(75)76)59(93)90-56(37(2)3)64(98)89-54(33-41-36-82-47-22-11-8-19-44(41)47)61(95)84-48(24-14-28-77-66(71)72)57(91)83-49(25-15-29-78-67(73)74)58(92)87-52(31-39-34-80-45-20-9-6-17-42(39)45)62(96)86-51(65(99)100)23-12-13-27-69/h6-11,17-22,34-38,48-56,80-82H,5,12-16,23-33,69-70H2,1-4H3,(H,83,91)(H,84,95)(H,85,94)(H,86,96)(H,87,92)(H,88,97)(H,89,98)(H,90,93)(H,99,100)(H4,71,72,77)(H4,73,74,78)(H4,75,76,79)/t38-,48-,49-,50-,51-,52-,53-,54-,55-,56-/m0/s1. The van der Waals surface area contributed by atoms with Gasteiger partial charge in [-0.2, -0.15) is 0 Å². The summed E-state index contributed by atoms with van der Waals surface area (Å²) in [5.74, 6) is -9.31. The fraction of sp³-hybridized carbons (Fsp3) is 0.471. The van der Waals surface area contributed by atoms with Gasteiger partial charge in [-0.3, -0.25) is 53.3 Å². The molecule has 3 aromatic heterocycles. The number of unbranched alkanes of at least 4 members (excludes halogenated alkanes) is 1. The molecule has 10 atom stereocenters. The fourth-order valence-corrected chi connectivity index (χ4v) is 11.4. The predicted octanol–water partition coefficient (Wildman–Crippen LogP) is -0.559. The quantitative estimate of drug-likeness (QED) is 0.0130. The number of carboxylic acid groups (broad SMARTS) is 1. The lowest BCUT2D eigenvalue weighted by Crippen LogP contribution is -2.61. The number of aromatic nitrogens is 3. The molecule has 0 saturated heterocycles. The first-order chi connectivity index (χ1) is 47.8. The number of hydrogen-bond acceptors (Lipinski definition) is 14. The third kappa shape index (κ3) is 23.8. The summed E-state index contributed by atoms with van der Waals surface area (Å²) in [6.07, 6.45) is 6.30. The number of nitrogens with two attached hydrogens (primary N) is 8. The highest BCUT2D eigenvalue weighted by molar-refractivity contribution is 5.99. The number of para-hydroxylation sites is 3. The van der Waals surface area contributed by atoms with Gasteiger partial charge in [-0.25, -0.2) is 4.79 Å². The van der Waals surface area contributed by atoms with Gasteiger partial charge in [-0.05, 0) is 111 Å². The van der Waals surface area contributed by atoms with E-state index in [0.717, 1.165) is 21.8 Å². The molecule has 6 rings (SSSR count). The minimum atomic E-state index is -1.49. The van der Waals surface area contributed by atoms with Crippen LogP contribution >= 0.6 is 0 Å². The average Bonchev–Trinajstić information content (AvgIpc) is 1.57. The van der Waals surface area contributed by atoms with Crippen LogP contribution in [0.5, 0.6) is 0 Å². The molecule has 0 aliphatic rings. The molecule has 28 N–H and O–H groups in total. The van der Waals surface area contributed by atoms with Crippen molar-refractivity contribution >= 4 is 104 Å². The number of carbonyl (C=O) groups excluding carboxylic acids is 8. The van der Waals surface area contributed by atoms with Crippen LogP contribution in [-0.2, 0) is 62.4 Å². The van der Waals surface area contributed by atoms with E-state index in [2.05, 4.69) is 72.5 Å². The highest BCUT2D eigenvalue weighted by Gasteiger charge is 2.37. The Balaban J connectivity index is 1.31. The molecule has 0 aliphatic heterocycles. The zero-order valence-corrected chi connectivity index (χ0v) is 57.1. The Morgan fingerprint density at radius 1 is 0.420 bits per heavy atom. The molecule has 6 aromatic rings. The van der Waals surface area contributed by atoms with E-state index in [1.807, 2.05) is 74.5 Å². The van der Waals surface area contributed by atoms with Crippen molar-refractivity contribution < 1.29 is 48.3 Å². The lowest BCUT2D eigenvalue weighted by atomic mass is 9.97. The topological polar surface area (TPSA) is 563 Å². The minimum absolute atomic E-state index is 0.00555. The Bertz CT molecular complexity index is 3830. The van der Waals surface area contributed by atoms with Crippen LogP contribution in [0.4, 0.5) is 0 Å². The van der Waals surface area contributed by atoms with Gasteiger partial charge >= 0.3 is 5.97 Å². The SMILES string of the molecule is CC[C@H](C)[C@H](N)C(=O)N[C@@H](Cc1c[nH]c2ccccc12)C(=O)N[C@@H](CCCN=C(N)N)C(=O)N[C@H](C(=O)N[C@@H](Cc1c[nH]c2ccccc12)C(=O)N[C@@H](CCCN=C(N)N)C(=O)N[C@@H](CCCN=C(N)N)C(=O)N[C@@H](Cc1c[nH]c2ccccc12)C(=O)N[C@@H](CCCCN)C(=O)O)C(C)C. The molecule has 0 radical (unpaired) electrons. The van der Waals surface area contributed by atoms with E-state index in [1.165, 1.54) is 0 Å². The number of H-pyrrole nitrogens is 3. The molecule has 32 heteroatoms. The van der Waals surface area contributed by atoms with Gasteiger partial charge in [0.15, 0.2) is 17.9 Å². The molecule has 0 bridgehead atoms. The Morgan fingerprint density at radius 3 is 1.07 bits per heavy atom. The summed E-state index contributed by atoms with van der Waals surface area (Å²) in [6, 6.07) is 9.77. The van der Waals surface area contributed by atoms with Crippen LogP contribution in [0.3, 0.4) is 0 Å². The Kier molecular flexibility index (Phi) is 30.5. The Morgan fingerprint density at radius 2 is 0.730 bits per heavy atom. The normalized spacial score (nSPS) is 14.3. The molecule has 0 fully saturated rings. The van der Waals surface area contributed by atoms with Crippen LogP contribution in [0, 0.1) is 11.8 Å². The molecular weight excluding hydrogens is 1280 g/mol. The maximum Gasteiger partial charge on any atom is 0.326 e. The maximum atomic E-state index is 15.2. The number of carboxylic acids is 1. The van der Waals surface area contributed by atoms with Gasteiger partial charge in [-0.15, -0.1) is 0 Å². The van der Waals surface area contributed by atoms with Crippen molar-refractivity contribution in [1.29, 1.82) is 0 Å². The summed E-state index contributed by atoms with van der Waals surface area (Å²) >= 11 is 0. The van der Waals surface area contributed by atoms with E-state index in [0.29, 0.717) is 53.4 Å². The highest BCUT2D eigenvalue weighted by atomic mass is 16.4. The van der Waals surface area contributed by atoms with E-state index in [-0.39, 0.29) is 108 Å². The molecule has 0 aliphatic carbocycles. The number of hydrogen-bond donors (Lipinski definition) is 20. The van der Waals surface area contributed by atoms with Gasteiger partial charge in [0.05, 0.1) is 6.04 Å². The van der Waals surface area contributed by atoms with Crippen molar-refractivity contribution in [2.75, 3.05) is 26.2 Å². The van der Waals surface area contributed by atoms with E-state index in [9.17, 15) is 33.9 Å². The largest absolute Gasteiger partial charge is 0.480 e. The molecule has 8 amide bonds. The van der Waals surface area contributed by atoms with Crippen molar-refractivity contribution in [3.05, 3.63) is 108 Å². The monoisotopic (exact) mass is 1380 g/mol. The molecule has 3 heterocycles. The first-order valence-corrected chi connectivity index (χ1v) is 33.7. The van der Waals surface area contributed by atoms with E-state index in [1.54, 1.807) is 44.6 Å². The van der Waals surface area contributed by atoms with Crippen LogP contribution in [0.15, 0.2) is 106 Å².